The molecule has 7 unspecified atom stereocenters. The number of carbonyl (C=O) groups is 2. The zero-order valence-corrected chi connectivity index (χ0v) is 20.6. The van der Waals surface area contributed by atoms with Crippen LogP contribution in [0.2, 0.25) is 0 Å². The first-order valence-electron chi connectivity index (χ1n) is 11.9. The molecule has 200 valence electrons. The fourth-order valence-electron chi connectivity index (χ4n) is 5.08. The van der Waals surface area contributed by atoms with Gasteiger partial charge in [0.15, 0.2) is 17.9 Å². The third-order valence-electron chi connectivity index (χ3n) is 7.10. The van der Waals surface area contributed by atoms with Gasteiger partial charge in [0.1, 0.15) is 23.4 Å². The van der Waals surface area contributed by atoms with Crippen LogP contribution in [0.5, 0.6) is 17.2 Å². The highest BCUT2D eigenvalue weighted by molar-refractivity contribution is 6.19. The van der Waals surface area contributed by atoms with Crippen LogP contribution in [-0.2, 0) is 14.3 Å². The molecule has 0 amide bonds. The molecule has 0 radical (unpaired) electrons. The summed E-state index contributed by atoms with van der Waals surface area (Å²) < 4.78 is 11.7. The van der Waals surface area contributed by atoms with Crippen LogP contribution < -0.4 is 5.73 Å². The molecular formula is C26H31NO10. The van der Waals surface area contributed by atoms with E-state index in [1.54, 1.807) is 6.92 Å². The smallest absolute Gasteiger partial charge is 0.196 e. The maximum atomic E-state index is 13.9. The summed E-state index contributed by atoms with van der Waals surface area (Å²) in [5, 5.41) is 63.5. The standard InChI is InChI=1S/C26H31NO10/c1-10(28)19-21(24(33)13-7-16(30)12-5-4-6-15(29)20(12)23(13)32)17(9-26(3,35)25(19)34)37-18-8-14(27)22(31)11(2)36-18/h4-7,11,14,17-18,22,25,29-32,34-35H,8-9,27H2,1-3H3. The molecule has 0 aromatic heterocycles. The highest BCUT2D eigenvalue weighted by Crippen LogP contribution is 2.44. The van der Waals surface area contributed by atoms with Crippen LogP contribution in [0, 0.1) is 0 Å². The minimum Gasteiger partial charge on any atom is -0.507 e. The second-order valence-corrected chi connectivity index (χ2v) is 9.95. The Kier molecular flexibility index (Phi) is 7.06. The lowest BCUT2D eigenvalue weighted by Gasteiger charge is -2.43. The van der Waals surface area contributed by atoms with Gasteiger partial charge in [0.2, 0.25) is 0 Å². The molecular weight excluding hydrogens is 486 g/mol. The number of aromatic hydroxyl groups is 3. The molecule has 2 aromatic rings. The van der Waals surface area contributed by atoms with Crippen molar-refractivity contribution in [1.82, 2.24) is 0 Å². The lowest BCUT2D eigenvalue weighted by atomic mass is 9.74. The van der Waals surface area contributed by atoms with Gasteiger partial charge in [-0.05, 0) is 32.9 Å². The zero-order valence-electron chi connectivity index (χ0n) is 20.6. The minimum absolute atomic E-state index is 0.0411. The predicted molar refractivity (Wildman–Crippen MR) is 130 cm³/mol. The van der Waals surface area contributed by atoms with Crippen LogP contribution in [0.25, 0.3) is 10.8 Å². The van der Waals surface area contributed by atoms with Crippen molar-refractivity contribution in [3.63, 3.8) is 0 Å². The van der Waals surface area contributed by atoms with Gasteiger partial charge in [-0.25, -0.2) is 0 Å². The summed E-state index contributed by atoms with van der Waals surface area (Å²) >= 11 is 0. The Balaban J connectivity index is 1.86. The maximum absolute atomic E-state index is 13.9. The lowest BCUT2D eigenvalue weighted by Crippen LogP contribution is -2.55. The fraction of sp³-hybridized carbons (Fsp3) is 0.462. The molecule has 0 saturated carbocycles. The molecule has 11 heteroatoms. The number of Topliss-reactive ketones (excluding diaryl/α,β-unsaturated/α-hetero) is 2. The Labute approximate surface area is 212 Å². The topological polar surface area (TPSA) is 200 Å². The Hall–Kier alpha value is -3.06. The summed E-state index contributed by atoms with van der Waals surface area (Å²) in [5.74, 6) is -3.14. The van der Waals surface area contributed by atoms with Gasteiger partial charge in [-0.3, -0.25) is 9.59 Å². The summed E-state index contributed by atoms with van der Waals surface area (Å²) in [6.07, 6.45) is -6.03. The summed E-state index contributed by atoms with van der Waals surface area (Å²) in [5.41, 5.74) is 2.90. The lowest BCUT2D eigenvalue weighted by molar-refractivity contribution is -0.241. The Morgan fingerprint density at radius 1 is 1.14 bits per heavy atom. The Morgan fingerprint density at radius 3 is 2.43 bits per heavy atom. The summed E-state index contributed by atoms with van der Waals surface area (Å²) in [6.45, 7) is 3.99. The molecule has 1 fully saturated rings. The molecule has 0 bridgehead atoms. The van der Waals surface area contributed by atoms with E-state index in [2.05, 4.69) is 0 Å². The van der Waals surface area contributed by atoms with Crippen molar-refractivity contribution < 1.29 is 49.7 Å². The van der Waals surface area contributed by atoms with Crippen LogP contribution in [0.3, 0.4) is 0 Å². The van der Waals surface area contributed by atoms with Gasteiger partial charge in [0.05, 0.1) is 34.9 Å². The normalized spacial score (nSPS) is 32.5. The van der Waals surface area contributed by atoms with Crippen molar-refractivity contribution in [3.8, 4) is 17.2 Å². The number of ketones is 2. The first-order chi connectivity index (χ1) is 17.2. The number of hydrogen-bond acceptors (Lipinski definition) is 11. The third-order valence-corrected chi connectivity index (χ3v) is 7.10. The average molecular weight is 518 g/mol. The van der Waals surface area contributed by atoms with E-state index in [1.807, 2.05) is 0 Å². The van der Waals surface area contributed by atoms with Crippen LogP contribution in [0.15, 0.2) is 35.4 Å². The molecule has 0 spiro atoms. The van der Waals surface area contributed by atoms with E-state index in [1.165, 1.54) is 25.1 Å². The van der Waals surface area contributed by atoms with Crippen LogP contribution in [-0.4, -0.2) is 84.6 Å². The highest BCUT2D eigenvalue weighted by Gasteiger charge is 2.49. The van der Waals surface area contributed by atoms with E-state index in [9.17, 15) is 40.2 Å². The van der Waals surface area contributed by atoms with Crippen LogP contribution in [0.1, 0.15) is 44.0 Å². The van der Waals surface area contributed by atoms with E-state index in [4.69, 9.17) is 15.2 Å². The molecule has 4 rings (SSSR count). The van der Waals surface area contributed by atoms with Gasteiger partial charge in [-0.2, -0.15) is 0 Å². The SMILES string of the molecule is CC(=O)C1=C(C(=O)c2cc(O)c3cccc(O)c3c2O)C(OC2CC(N)C(O)C(C)O2)CC(C)(O)C1O. The van der Waals surface area contributed by atoms with Gasteiger partial charge in [0.25, 0.3) is 0 Å². The monoisotopic (exact) mass is 517 g/mol. The Bertz CT molecular complexity index is 1270. The first kappa shape index (κ1) is 27.0. The zero-order chi connectivity index (χ0) is 27.4. The summed E-state index contributed by atoms with van der Waals surface area (Å²) in [7, 11) is 0. The van der Waals surface area contributed by atoms with Crippen molar-refractivity contribution in [1.29, 1.82) is 0 Å². The van der Waals surface area contributed by atoms with E-state index in [-0.39, 0.29) is 29.2 Å². The number of ether oxygens (including phenoxy) is 2. The number of aliphatic hydroxyl groups excluding tert-OH is 2. The largest absolute Gasteiger partial charge is 0.507 e. The van der Waals surface area contributed by atoms with Crippen molar-refractivity contribution >= 4 is 22.3 Å². The molecule has 1 heterocycles. The highest BCUT2D eigenvalue weighted by atomic mass is 16.7. The van der Waals surface area contributed by atoms with Crippen molar-refractivity contribution in [2.24, 2.45) is 5.73 Å². The molecule has 2 aliphatic rings. The summed E-state index contributed by atoms with van der Waals surface area (Å²) in [6, 6.07) is 4.44. The van der Waals surface area contributed by atoms with Gasteiger partial charge >= 0.3 is 0 Å². The van der Waals surface area contributed by atoms with Gasteiger partial charge in [-0.1, -0.05) is 12.1 Å². The number of nitrogens with two attached hydrogens (primary N) is 1. The molecule has 37 heavy (non-hydrogen) atoms. The molecule has 1 saturated heterocycles. The first-order valence-corrected chi connectivity index (χ1v) is 11.9. The number of aliphatic hydroxyl groups is 3. The minimum atomic E-state index is -1.87. The van der Waals surface area contributed by atoms with Gasteiger partial charge in [0, 0.05) is 35.4 Å². The number of phenolic OH excluding ortho intramolecular Hbond substituents is 3. The number of rotatable bonds is 5. The van der Waals surface area contributed by atoms with Crippen LogP contribution >= 0.6 is 0 Å². The molecule has 11 nitrogen and oxygen atoms in total. The third kappa shape index (κ3) is 4.70. The number of carbonyl (C=O) groups excluding carboxylic acids is 2. The van der Waals surface area contributed by atoms with Gasteiger partial charge < -0.3 is 45.8 Å². The quantitative estimate of drug-likeness (QED) is 0.218. The maximum Gasteiger partial charge on any atom is 0.196 e. The second-order valence-electron chi connectivity index (χ2n) is 9.95. The molecule has 2 aromatic carbocycles. The van der Waals surface area contributed by atoms with E-state index in [0.717, 1.165) is 13.0 Å². The average Bonchev–Trinajstić information content (AvgIpc) is 2.80. The van der Waals surface area contributed by atoms with Gasteiger partial charge in [-0.15, -0.1) is 0 Å². The van der Waals surface area contributed by atoms with Crippen molar-refractivity contribution in [2.45, 2.75) is 76.0 Å². The van der Waals surface area contributed by atoms with E-state index >= 15 is 0 Å². The van der Waals surface area contributed by atoms with E-state index in [0.29, 0.717) is 0 Å². The molecule has 7 atom stereocenters. The number of fused-ring (bicyclic) bond motifs is 1. The molecule has 8 N–H and O–H groups in total. The van der Waals surface area contributed by atoms with Crippen LogP contribution in [0.4, 0.5) is 0 Å². The van der Waals surface area contributed by atoms with Crippen molar-refractivity contribution in [2.75, 3.05) is 0 Å². The number of benzene rings is 2. The molecule has 1 aliphatic heterocycles. The predicted octanol–water partition coefficient (Wildman–Crippen LogP) is 0.749. The number of hydrogen-bond donors (Lipinski definition) is 7. The van der Waals surface area contributed by atoms with Crippen molar-refractivity contribution in [3.05, 3.63) is 41.0 Å². The fourth-order valence-corrected chi connectivity index (χ4v) is 5.08. The Morgan fingerprint density at radius 2 is 1.81 bits per heavy atom. The second kappa shape index (κ2) is 9.67. The van der Waals surface area contributed by atoms with E-state index < -0.39 is 82.3 Å². The summed E-state index contributed by atoms with van der Waals surface area (Å²) in [4.78, 5) is 26.6. The molecule has 1 aliphatic carbocycles. The number of phenols is 3.